The van der Waals surface area contributed by atoms with Gasteiger partial charge in [0.05, 0.1) is 0 Å². The van der Waals surface area contributed by atoms with E-state index in [9.17, 15) is 4.79 Å². The summed E-state index contributed by atoms with van der Waals surface area (Å²) < 4.78 is 0. The Labute approximate surface area is 122 Å². The maximum Gasteiger partial charge on any atom is 0.227 e. The molecule has 0 aliphatic carbocycles. The van der Waals surface area contributed by atoms with Gasteiger partial charge in [0.15, 0.2) is 0 Å². The molecule has 0 fully saturated rings. The van der Waals surface area contributed by atoms with Crippen molar-refractivity contribution in [3.05, 3.63) is 23.8 Å². The highest BCUT2D eigenvalue weighted by Gasteiger charge is 2.19. The van der Waals surface area contributed by atoms with Crippen molar-refractivity contribution in [1.29, 1.82) is 0 Å². The fourth-order valence-electron chi connectivity index (χ4n) is 2.83. The summed E-state index contributed by atoms with van der Waals surface area (Å²) in [6.45, 7) is 5.30. The van der Waals surface area contributed by atoms with Crippen LogP contribution < -0.4 is 10.6 Å². The summed E-state index contributed by atoms with van der Waals surface area (Å²) in [6, 6.07) is 6.13. The van der Waals surface area contributed by atoms with Gasteiger partial charge >= 0.3 is 0 Å². The molecule has 1 aromatic rings. The largest absolute Gasteiger partial charge is 0.385 e. The molecular weight excluding hydrogens is 248 g/mol. The number of hydrogen-bond donors (Lipinski definition) is 2. The van der Waals surface area contributed by atoms with Crippen molar-refractivity contribution < 1.29 is 4.79 Å². The second-order valence-corrected chi connectivity index (χ2v) is 5.60. The molecule has 2 N–H and O–H groups in total. The van der Waals surface area contributed by atoms with E-state index in [0.29, 0.717) is 0 Å². The maximum atomic E-state index is 12.4. The van der Waals surface area contributed by atoms with Gasteiger partial charge < -0.3 is 10.6 Å². The highest BCUT2D eigenvalue weighted by molar-refractivity contribution is 5.94. The van der Waals surface area contributed by atoms with Gasteiger partial charge in [0.25, 0.3) is 0 Å². The lowest BCUT2D eigenvalue weighted by Crippen LogP contribution is -2.24. The number of fused-ring (bicyclic) bond motifs is 1. The number of unbranched alkanes of at least 4 members (excludes halogenated alkanes) is 1. The van der Waals surface area contributed by atoms with Gasteiger partial charge in [-0.3, -0.25) is 4.79 Å². The molecule has 2 rings (SSSR count). The Bertz CT molecular complexity index is 456. The Morgan fingerprint density at radius 3 is 3.00 bits per heavy atom. The zero-order chi connectivity index (χ0) is 14.4. The summed E-state index contributed by atoms with van der Waals surface area (Å²) in [5, 5.41) is 6.55. The smallest absolute Gasteiger partial charge is 0.227 e. The minimum atomic E-state index is 0.141. The van der Waals surface area contributed by atoms with Crippen LogP contribution in [0.4, 0.5) is 11.4 Å². The molecule has 0 saturated heterocycles. The van der Waals surface area contributed by atoms with Gasteiger partial charge in [0.2, 0.25) is 5.91 Å². The molecule has 1 aliphatic heterocycles. The molecule has 110 valence electrons. The SMILES string of the molecule is CCCCC(CC)C(=O)Nc1cccc2c1CCCN2. The summed E-state index contributed by atoms with van der Waals surface area (Å²) in [5.41, 5.74) is 3.43. The van der Waals surface area contributed by atoms with Crippen LogP contribution in [-0.2, 0) is 11.2 Å². The van der Waals surface area contributed by atoms with Crippen LogP contribution in [0, 0.1) is 5.92 Å². The summed E-state index contributed by atoms with van der Waals surface area (Å²) in [5.74, 6) is 0.322. The van der Waals surface area contributed by atoms with Crippen molar-refractivity contribution >= 4 is 17.3 Å². The van der Waals surface area contributed by atoms with Gasteiger partial charge in [0, 0.05) is 23.8 Å². The highest BCUT2D eigenvalue weighted by atomic mass is 16.1. The van der Waals surface area contributed by atoms with Crippen LogP contribution in [-0.4, -0.2) is 12.5 Å². The molecule has 3 heteroatoms. The Morgan fingerprint density at radius 2 is 2.25 bits per heavy atom. The van der Waals surface area contributed by atoms with Crippen molar-refractivity contribution in [2.45, 2.75) is 52.4 Å². The standard InChI is InChI=1S/C17H26N2O/c1-3-5-8-13(4-2)17(20)19-16-11-6-10-15-14(16)9-7-12-18-15/h6,10-11,13,18H,3-5,7-9,12H2,1-2H3,(H,19,20). The van der Waals surface area contributed by atoms with E-state index in [4.69, 9.17) is 0 Å². The topological polar surface area (TPSA) is 41.1 Å². The molecule has 1 heterocycles. The van der Waals surface area contributed by atoms with Gasteiger partial charge in [-0.2, -0.15) is 0 Å². The predicted molar refractivity (Wildman–Crippen MR) is 85.2 cm³/mol. The lowest BCUT2D eigenvalue weighted by molar-refractivity contribution is -0.120. The average molecular weight is 274 g/mol. The molecule has 1 aliphatic rings. The number of nitrogens with one attached hydrogen (secondary N) is 2. The van der Waals surface area contributed by atoms with E-state index in [0.717, 1.165) is 50.8 Å². The Kier molecular flexibility index (Phi) is 5.45. The maximum absolute atomic E-state index is 12.4. The molecule has 1 aromatic carbocycles. The summed E-state index contributed by atoms with van der Waals surface area (Å²) in [4.78, 5) is 12.4. The number of rotatable bonds is 6. The van der Waals surface area contributed by atoms with E-state index in [-0.39, 0.29) is 11.8 Å². The fraction of sp³-hybridized carbons (Fsp3) is 0.588. The van der Waals surface area contributed by atoms with E-state index < -0.39 is 0 Å². The molecule has 3 nitrogen and oxygen atoms in total. The van der Waals surface area contributed by atoms with Crippen LogP contribution in [0.25, 0.3) is 0 Å². The monoisotopic (exact) mass is 274 g/mol. The van der Waals surface area contributed by atoms with Crippen molar-refractivity contribution in [2.75, 3.05) is 17.2 Å². The molecule has 0 radical (unpaired) electrons. The molecule has 20 heavy (non-hydrogen) atoms. The van der Waals surface area contributed by atoms with Crippen molar-refractivity contribution in [3.8, 4) is 0 Å². The minimum absolute atomic E-state index is 0.141. The molecular formula is C17H26N2O. The predicted octanol–water partition coefficient (Wildman–Crippen LogP) is 4.20. The van der Waals surface area contributed by atoms with Crippen LogP contribution in [0.2, 0.25) is 0 Å². The van der Waals surface area contributed by atoms with Gasteiger partial charge in [0.1, 0.15) is 0 Å². The lowest BCUT2D eigenvalue weighted by Gasteiger charge is -2.22. The Morgan fingerprint density at radius 1 is 1.40 bits per heavy atom. The van der Waals surface area contributed by atoms with E-state index >= 15 is 0 Å². The molecule has 1 atom stereocenters. The van der Waals surface area contributed by atoms with Gasteiger partial charge in [-0.15, -0.1) is 0 Å². The quantitative estimate of drug-likeness (QED) is 0.816. The van der Waals surface area contributed by atoms with E-state index in [1.807, 2.05) is 12.1 Å². The molecule has 1 amide bonds. The second-order valence-electron chi connectivity index (χ2n) is 5.60. The average Bonchev–Trinajstić information content (AvgIpc) is 2.48. The first kappa shape index (κ1) is 14.9. The van der Waals surface area contributed by atoms with E-state index in [2.05, 4.69) is 30.5 Å². The van der Waals surface area contributed by atoms with Gasteiger partial charge in [-0.1, -0.05) is 32.8 Å². The van der Waals surface area contributed by atoms with Crippen LogP contribution in [0.5, 0.6) is 0 Å². The zero-order valence-corrected chi connectivity index (χ0v) is 12.7. The highest BCUT2D eigenvalue weighted by Crippen LogP contribution is 2.29. The van der Waals surface area contributed by atoms with E-state index in [1.165, 1.54) is 11.3 Å². The van der Waals surface area contributed by atoms with Crippen molar-refractivity contribution in [2.24, 2.45) is 5.92 Å². The molecule has 0 aromatic heterocycles. The minimum Gasteiger partial charge on any atom is -0.385 e. The third kappa shape index (κ3) is 3.53. The lowest BCUT2D eigenvalue weighted by atomic mass is 9.97. The Balaban J connectivity index is 2.07. The number of amides is 1. The number of carbonyl (C=O) groups excluding carboxylic acids is 1. The van der Waals surface area contributed by atoms with Crippen LogP contribution >= 0.6 is 0 Å². The summed E-state index contributed by atoms with van der Waals surface area (Å²) in [7, 11) is 0. The van der Waals surface area contributed by atoms with Crippen LogP contribution in [0.1, 0.15) is 51.5 Å². The summed E-state index contributed by atoms with van der Waals surface area (Å²) >= 11 is 0. The first-order valence-electron chi connectivity index (χ1n) is 7.92. The molecule has 0 saturated carbocycles. The van der Waals surface area contributed by atoms with Gasteiger partial charge in [-0.25, -0.2) is 0 Å². The number of hydrogen-bond acceptors (Lipinski definition) is 2. The molecule has 1 unspecified atom stereocenters. The van der Waals surface area contributed by atoms with Crippen molar-refractivity contribution in [3.63, 3.8) is 0 Å². The number of carbonyl (C=O) groups is 1. The fourth-order valence-corrected chi connectivity index (χ4v) is 2.83. The third-order valence-corrected chi connectivity index (χ3v) is 4.12. The number of anilines is 2. The first-order valence-corrected chi connectivity index (χ1v) is 7.92. The second kappa shape index (κ2) is 7.32. The van der Waals surface area contributed by atoms with Crippen LogP contribution in [0.3, 0.4) is 0 Å². The first-order chi connectivity index (χ1) is 9.76. The van der Waals surface area contributed by atoms with E-state index in [1.54, 1.807) is 0 Å². The Hall–Kier alpha value is -1.51. The van der Waals surface area contributed by atoms with Crippen molar-refractivity contribution in [1.82, 2.24) is 0 Å². The zero-order valence-electron chi connectivity index (χ0n) is 12.7. The molecule has 0 bridgehead atoms. The third-order valence-electron chi connectivity index (χ3n) is 4.12. The number of benzene rings is 1. The summed E-state index contributed by atoms with van der Waals surface area (Å²) in [6.07, 6.45) is 6.36. The molecule has 0 spiro atoms. The van der Waals surface area contributed by atoms with Gasteiger partial charge in [-0.05, 0) is 43.4 Å². The normalized spacial score (nSPS) is 15.1. The van der Waals surface area contributed by atoms with Crippen LogP contribution in [0.15, 0.2) is 18.2 Å².